The number of piperidine rings is 1. The summed E-state index contributed by atoms with van der Waals surface area (Å²) in [5.41, 5.74) is 3.36. The van der Waals surface area contributed by atoms with Gasteiger partial charge in [0.25, 0.3) is 10.0 Å². The van der Waals surface area contributed by atoms with Crippen LogP contribution in [-0.4, -0.2) is 36.7 Å². The van der Waals surface area contributed by atoms with Gasteiger partial charge in [0.15, 0.2) is 5.13 Å². The van der Waals surface area contributed by atoms with Crippen LogP contribution < -0.4 is 5.32 Å². The molecule has 1 saturated heterocycles. The average molecular weight is 480 g/mol. The number of hydrogen-bond acceptors (Lipinski definition) is 6. The highest BCUT2D eigenvalue weighted by molar-refractivity contribution is 7.91. The van der Waals surface area contributed by atoms with E-state index in [0.717, 1.165) is 29.0 Å². The fourth-order valence-corrected chi connectivity index (χ4v) is 8.05. The summed E-state index contributed by atoms with van der Waals surface area (Å²) < 4.78 is 27.6. The minimum atomic E-state index is -3.55. The second-order valence-corrected chi connectivity index (χ2v) is 12.3. The highest BCUT2D eigenvalue weighted by atomic mass is 35.5. The Bertz CT molecular complexity index is 1230. The second kappa shape index (κ2) is 7.72. The lowest BCUT2D eigenvalue weighted by Crippen LogP contribution is -2.41. The summed E-state index contributed by atoms with van der Waals surface area (Å²) in [4.78, 5) is 18.5. The van der Waals surface area contributed by atoms with Gasteiger partial charge < -0.3 is 5.32 Å². The lowest BCUT2D eigenvalue weighted by atomic mass is 9.97. The second-order valence-electron chi connectivity index (χ2n) is 7.35. The van der Waals surface area contributed by atoms with Crippen molar-refractivity contribution in [1.82, 2.24) is 9.29 Å². The van der Waals surface area contributed by atoms with Crippen LogP contribution in [0.3, 0.4) is 0 Å². The largest absolute Gasteiger partial charge is 0.302 e. The summed E-state index contributed by atoms with van der Waals surface area (Å²) in [5.74, 6) is -0.318. The Morgan fingerprint density at radius 1 is 1.13 bits per heavy atom. The van der Waals surface area contributed by atoms with Crippen LogP contribution in [0.4, 0.5) is 5.13 Å². The number of halogens is 1. The molecule has 0 atom stereocenters. The van der Waals surface area contributed by atoms with Gasteiger partial charge in [-0.05, 0) is 30.5 Å². The molecule has 6 nitrogen and oxygen atoms in total. The quantitative estimate of drug-likeness (QED) is 0.468. The number of nitrogens with one attached hydrogen (secondary N) is 1. The van der Waals surface area contributed by atoms with E-state index in [1.165, 1.54) is 32.1 Å². The third kappa shape index (κ3) is 3.58. The van der Waals surface area contributed by atoms with Crippen molar-refractivity contribution in [2.24, 2.45) is 5.92 Å². The van der Waals surface area contributed by atoms with Gasteiger partial charge in [-0.25, -0.2) is 13.4 Å². The molecule has 1 aromatic carbocycles. The average Bonchev–Trinajstić information content (AvgIpc) is 3.42. The van der Waals surface area contributed by atoms with Crippen LogP contribution in [0.25, 0.3) is 11.3 Å². The Balaban J connectivity index is 1.22. The van der Waals surface area contributed by atoms with Gasteiger partial charge in [0.05, 0.1) is 10.0 Å². The van der Waals surface area contributed by atoms with E-state index in [1.54, 1.807) is 6.07 Å². The van der Waals surface area contributed by atoms with Crippen LogP contribution in [0.1, 0.15) is 23.3 Å². The van der Waals surface area contributed by atoms with E-state index in [-0.39, 0.29) is 16.0 Å². The predicted molar refractivity (Wildman–Crippen MR) is 120 cm³/mol. The van der Waals surface area contributed by atoms with Gasteiger partial charge in [-0.2, -0.15) is 4.31 Å². The van der Waals surface area contributed by atoms with Gasteiger partial charge in [0, 0.05) is 35.9 Å². The number of thiophene rings is 1. The van der Waals surface area contributed by atoms with Gasteiger partial charge in [-0.1, -0.05) is 35.9 Å². The predicted octanol–water partition coefficient (Wildman–Crippen LogP) is 4.47. The maximum absolute atomic E-state index is 12.7. The number of amides is 1. The molecule has 1 aliphatic heterocycles. The van der Waals surface area contributed by atoms with Gasteiger partial charge in [0.2, 0.25) is 5.91 Å². The molecule has 5 rings (SSSR count). The van der Waals surface area contributed by atoms with Crippen molar-refractivity contribution >= 4 is 55.3 Å². The van der Waals surface area contributed by atoms with E-state index < -0.39 is 10.0 Å². The fourth-order valence-electron chi connectivity index (χ4n) is 3.94. The van der Waals surface area contributed by atoms with Crippen molar-refractivity contribution in [1.29, 1.82) is 0 Å². The number of carbonyl (C=O) groups is 1. The van der Waals surface area contributed by atoms with E-state index in [1.807, 2.05) is 12.1 Å². The third-order valence-electron chi connectivity index (χ3n) is 5.52. The van der Waals surface area contributed by atoms with Crippen LogP contribution >= 0.6 is 34.3 Å². The summed E-state index contributed by atoms with van der Waals surface area (Å²) in [7, 11) is -3.55. The Hall–Kier alpha value is -1.78. The minimum Gasteiger partial charge on any atom is -0.302 e. The molecule has 156 valence electrons. The molecule has 30 heavy (non-hydrogen) atoms. The van der Waals surface area contributed by atoms with Gasteiger partial charge >= 0.3 is 0 Å². The topological polar surface area (TPSA) is 79.4 Å². The molecule has 0 unspecified atom stereocenters. The molecule has 3 heterocycles. The number of aromatic nitrogens is 1. The number of hydrogen-bond donors (Lipinski definition) is 1. The van der Waals surface area contributed by atoms with Crippen molar-refractivity contribution in [2.45, 2.75) is 23.5 Å². The minimum absolute atomic E-state index is 0.0908. The third-order valence-corrected chi connectivity index (χ3v) is 10.1. The van der Waals surface area contributed by atoms with E-state index in [9.17, 15) is 13.2 Å². The first-order valence-electron chi connectivity index (χ1n) is 9.56. The van der Waals surface area contributed by atoms with Crippen molar-refractivity contribution in [3.8, 4) is 11.3 Å². The van der Waals surface area contributed by atoms with Crippen LogP contribution in [-0.2, 0) is 21.2 Å². The normalized spacial score (nSPS) is 17.0. The van der Waals surface area contributed by atoms with E-state index in [4.69, 9.17) is 11.6 Å². The Morgan fingerprint density at radius 2 is 1.90 bits per heavy atom. The van der Waals surface area contributed by atoms with Crippen molar-refractivity contribution < 1.29 is 13.2 Å². The highest BCUT2D eigenvalue weighted by Gasteiger charge is 2.33. The summed E-state index contributed by atoms with van der Waals surface area (Å²) >= 11 is 8.45. The van der Waals surface area contributed by atoms with E-state index in [0.29, 0.717) is 35.4 Å². The number of nitrogens with zero attached hydrogens (tertiary/aromatic N) is 2. The van der Waals surface area contributed by atoms with Crippen LogP contribution in [0.2, 0.25) is 4.34 Å². The first kappa shape index (κ1) is 20.1. The monoisotopic (exact) mass is 479 g/mol. The lowest BCUT2D eigenvalue weighted by molar-refractivity contribution is -0.120. The molecule has 1 aliphatic carbocycles. The van der Waals surface area contributed by atoms with E-state index >= 15 is 0 Å². The van der Waals surface area contributed by atoms with Gasteiger partial charge in [-0.15, -0.1) is 22.7 Å². The van der Waals surface area contributed by atoms with Crippen LogP contribution in [0, 0.1) is 5.92 Å². The first-order valence-corrected chi connectivity index (χ1v) is 13.0. The number of benzene rings is 1. The zero-order chi connectivity index (χ0) is 20.9. The molecular formula is C20H18ClN3O3S3. The number of fused-ring (bicyclic) bond motifs is 3. The summed E-state index contributed by atoms with van der Waals surface area (Å²) in [6, 6.07) is 11.3. The summed E-state index contributed by atoms with van der Waals surface area (Å²) in [6.07, 6.45) is 1.82. The fraction of sp³-hybridized carbons (Fsp3) is 0.300. The number of thiazole rings is 1. The van der Waals surface area contributed by atoms with Crippen LogP contribution in [0.5, 0.6) is 0 Å². The number of rotatable bonds is 4. The van der Waals surface area contributed by atoms with E-state index in [2.05, 4.69) is 22.4 Å². The molecule has 0 radical (unpaired) electrons. The highest BCUT2D eigenvalue weighted by Crippen LogP contribution is 2.41. The SMILES string of the molecule is O=C(Nc1nc2c(s1)Cc1ccccc1-2)C1CCN(S(=O)(=O)c2ccc(Cl)s2)CC1. The van der Waals surface area contributed by atoms with Crippen LogP contribution in [0.15, 0.2) is 40.6 Å². The molecular weight excluding hydrogens is 462 g/mol. The molecule has 1 amide bonds. The maximum Gasteiger partial charge on any atom is 0.252 e. The van der Waals surface area contributed by atoms with Crippen molar-refractivity contribution in [3.63, 3.8) is 0 Å². The number of sulfonamides is 1. The number of anilines is 1. The molecule has 0 saturated carbocycles. The Kier molecular flexibility index (Phi) is 5.19. The standard InChI is InChI=1S/C20H18ClN3O3S3/c21-16-5-6-17(29-16)30(26,27)24-9-7-12(8-10-24)19(25)23-20-22-18-14-4-2-1-3-13(14)11-15(18)28-20/h1-6,12H,7-11H2,(H,22,23,25). The lowest BCUT2D eigenvalue weighted by Gasteiger charge is -2.29. The zero-order valence-corrected chi connectivity index (χ0v) is 19.0. The molecule has 3 aromatic rings. The smallest absolute Gasteiger partial charge is 0.252 e. The molecule has 2 aliphatic rings. The molecule has 1 fully saturated rings. The summed E-state index contributed by atoms with van der Waals surface area (Å²) in [5, 5.41) is 3.56. The maximum atomic E-state index is 12.7. The molecule has 10 heteroatoms. The molecule has 1 N–H and O–H groups in total. The first-order chi connectivity index (χ1) is 14.4. The van der Waals surface area contributed by atoms with Crippen molar-refractivity contribution in [2.75, 3.05) is 18.4 Å². The Labute approximate surface area is 187 Å². The Morgan fingerprint density at radius 3 is 2.63 bits per heavy atom. The molecule has 0 bridgehead atoms. The number of carbonyl (C=O) groups excluding carboxylic acids is 1. The molecule has 2 aromatic heterocycles. The van der Waals surface area contributed by atoms with Gasteiger partial charge in [-0.3, -0.25) is 4.79 Å². The zero-order valence-electron chi connectivity index (χ0n) is 15.8. The van der Waals surface area contributed by atoms with Gasteiger partial charge in [0.1, 0.15) is 4.21 Å². The molecule has 0 spiro atoms. The van der Waals surface area contributed by atoms with Crippen molar-refractivity contribution in [3.05, 3.63) is 51.2 Å². The summed E-state index contributed by atoms with van der Waals surface area (Å²) in [6.45, 7) is 0.634.